The fourth-order valence-electron chi connectivity index (χ4n) is 2.78. The molecule has 0 aromatic carbocycles. The van der Waals surface area contributed by atoms with Gasteiger partial charge in [0.1, 0.15) is 11.9 Å². The normalized spacial score (nSPS) is 26.3. The number of rotatable bonds is 2. The zero-order valence-corrected chi connectivity index (χ0v) is 13.7. The number of piperazine rings is 1. The van der Waals surface area contributed by atoms with Crippen LogP contribution in [-0.2, 0) is 4.74 Å². The second-order valence-electron chi connectivity index (χ2n) is 5.58. The predicted octanol–water partition coefficient (Wildman–Crippen LogP) is 1.42. The first-order valence-electron chi connectivity index (χ1n) is 7.69. The number of hydrogen-bond acceptors (Lipinski definition) is 5. The van der Waals surface area contributed by atoms with Crippen molar-refractivity contribution in [2.75, 3.05) is 32.8 Å². The lowest BCUT2D eigenvalue weighted by atomic mass is 9.99. The second-order valence-corrected chi connectivity index (χ2v) is 5.97. The minimum Gasteiger partial charge on any atom is -0.374 e. The Morgan fingerprint density at radius 2 is 2.26 bits per heavy atom. The number of ether oxygens (including phenoxy) is 1. The summed E-state index contributed by atoms with van der Waals surface area (Å²) in [7, 11) is 0. The maximum atomic E-state index is 13.3. The van der Waals surface area contributed by atoms with Gasteiger partial charge < -0.3 is 14.5 Å². The number of hydrazone groups is 1. The molecule has 0 spiro atoms. The molecular formula is C15H20FN5OS. The van der Waals surface area contributed by atoms with Gasteiger partial charge >= 0.3 is 0 Å². The Morgan fingerprint density at radius 1 is 1.48 bits per heavy atom. The Hall–Kier alpha value is -1.80. The van der Waals surface area contributed by atoms with E-state index >= 15 is 0 Å². The molecule has 3 rings (SSSR count). The topological polar surface area (TPSA) is 52.5 Å². The van der Waals surface area contributed by atoms with Crippen LogP contribution < -0.4 is 5.43 Å². The molecule has 0 radical (unpaired) electrons. The molecule has 6 nitrogen and oxygen atoms in total. The number of nitrogens with zero attached hydrogens (tertiary/aromatic N) is 4. The molecule has 2 fully saturated rings. The average molecular weight is 337 g/mol. The van der Waals surface area contributed by atoms with Crippen LogP contribution in [0.4, 0.5) is 4.39 Å². The van der Waals surface area contributed by atoms with Gasteiger partial charge in [0.15, 0.2) is 5.11 Å². The zero-order chi connectivity index (χ0) is 16.2. The van der Waals surface area contributed by atoms with Crippen LogP contribution in [-0.4, -0.2) is 65.2 Å². The minimum absolute atomic E-state index is 0.228. The van der Waals surface area contributed by atoms with E-state index in [1.165, 1.54) is 6.20 Å². The highest BCUT2D eigenvalue weighted by molar-refractivity contribution is 7.80. The van der Waals surface area contributed by atoms with Crippen molar-refractivity contribution < 1.29 is 9.13 Å². The number of fused-ring (bicyclic) bond motifs is 1. The minimum atomic E-state index is -0.334. The van der Waals surface area contributed by atoms with E-state index in [1.54, 1.807) is 0 Å². The van der Waals surface area contributed by atoms with Gasteiger partial charge in [0.05, 0.1) is 24.2 Å². The molecule has 3 aliphatic rings. The van der Waals surface area contributed by atoms with Crippen LogP contribution in [0, 0.1) is 0 Å². The highest BCUT2D eigenvalue weighted by Crippen LogP contribution is 2.21. The molecule has 1 unspecified atom stereocenters. The summed E-state index contributed by atoms with van der Waals surface area (Å²) in [6.07, 6.45) is 3.63. The monoisotopic (exact) mass is 337 g/mol. The molecule has 124 valence electrons. The molecule has 3 heterocycles. The molecule has 1 N–H and O–H groups in total. The van der Waals surface area contributed by atoms with Gasteiger partial charge in [-0.3, -0.25) is 10.4 Å². The van der Waals surface area contributed by atoms with Crippen molar-refractivity contribution in [2.45, 2.75) is 18.9 Å². The number of thiocarbonyl (C=S) groups is 1. The van der Waals surface area contributed by atoms with E-state index in [2.05, 4.69) is 31.9 Å². The quantitative estimate of drug-likeness (QED) is 0.610. The number of hydrogen-bond donors (Lipinski definition) is 1. The van der Waals surface area contributed by atoms with Crippen LogP contribution in [0.15, 0.2) is 34.9 Å². The molecule has 0 aromatic heterocycles. The summed E-state index contributed by atoms with van der Waals surface area (Å²) in [6, 6.07) is 0. The molecule has 23 heavy (non-hydrogen) atoms. The third-order valence-corrected chi connectivity index (χ3v) is 4.48. The molecule has 8 heteroatoms. The van der Waals surface area contributed by atoms with Gasteiger partial charge in [-0.05, 0) is 18.4 Å². The van der Waals surface area contributed by atoms with Crippen molar-refractivity contribution >= 4 is 28.8 Å². The maximum absolute atomic E-state index is 13.3. The predicted molar refractivity (Wildman–Crippen MR) is 92.1 cm³/mol. The molecule has 0 aliphatic carbocycles. The largest absolute Gasteiger partial charge is 0.374 e. The molecule has 2 saturated heterocycles. The SMILES string of the molecule is C=CN1CCN(C(=S)N/N=C2/CCOC3CC(F)=CN=C23)CC1. The van der Waals surface area contributed by atoms with Crippen molar-refractivity contribution in [3.63, 3.8) is 0 Å². The highest BCUT2D eigenvalue weighted by atomic mass is 32.1. The molecule has 3 aliphatic heterocycles. The van der Waals surface area contributed by atoms with Crippen molar-refractivity contribution in [1.82, 2.24) is 15.2 Å². The first kappa shape index (κ1) is 16.1. The van der Waals surface area contributed by atoms with E-state index < -0.39 is 0 Å². The van der Waals surface area contributed by atoms with Gasteiger partial charge in [-0.15, -0.1) is 0 Å². The summed E-state index contributed by atoms with van der Waals surface area (Å²) in [6.45, 7) is 7.76. The third-order valence-electron chi connectivity index (χ3n) is 4.13. The van der Waals surface area contributed by atoms with E-state index in [9.17, 15) is 4.39 Å². The summed E-state index contributed by atoms with van der Waals surface area (Å²) >= 11 is 5.40. The van der Waals surface area contributed by atoms with Crippen LogP contribution in [0.3, 0.4) is 0 Å². The van der Waals surface area contributed by atoms with Crippen LogP contribution in [0.1, 0.15) is 12.8 Å². The molecule has 0 saturated carbocycles. The van der Waals surface area contributed by atoms with Gasteiger partial charge in [-0.1, -0.05) is 6.58 Å². The lowest BCUT2D eigenvalue weighted by Crippen LogP contribution is -2.49. The summed E-state index contributed by atoms with van der Waals surface area (Å²) in [5.41, 5.74) is 4.44. The van der Waals surface area contributed by atoms with Gasteiger partial charge in [-0.2, -0.15) is 5.10 Å². The fraction of sp³-hybridized carbons (Fsp3) is 0.533. The summed E-state index contributed by atoms with van der Waals surface area (Å²) in [5, 5.41) is 4.99. The van der Waals surface area contributed by atoms with E-state index in [-0.39, 0.29) is 18.4 Å². The smallest absolute Gasteiger partial charge is 0.189 e. The highest BCUT2D eigenvalue weighted by Gasteiger charge is 2.30. The Bertz CT molecular complexity index is 580. The summed E-state index contributed by atoms with van der Waals surface area (Å²) in [5.74, 6) is -0.261. The average Bonchev–Trinajstić information content (AvgIpc) is 2.59. The second kappa shape index (κ2) is 7.18. The third kappa shape index (κ3) is 3.76. The molecular weight excluding hydrogens is 317 g/mol. The molecule has 0 amide bonds. The van der Waals surface area contributed by atoms with Gasteiger partial charge in [0.25, 0.3) is 0 Å². The lowest BCUT2D eigenvalue weighted by Gasteiger charge is -2.35. The van der Waals surface area contributed by atoms with E-state index in [1.807, 2.05) is 6.20 Å². The van der Waals surface area contributed by atoms with Crippen molar-refractivity contribution in [1.29, 1.82) is 0 Å². The van der Waals surface area contributed by atoms with E-state index in [4.69, 9.17) is 17.0 Å². The van der Waals surface area contributed by atoms with Gasteiger partial charge in [0, 0.05) is 39.0 Å². The fourth-order valence-corrected chi connectivity index (χ4v) is 3.01. The summed E-state index contributed by atoms with van der Waals surface area (Å²) in [4.78, 5) is 8.37. The Balaban J connectivity index is 1.61. The molecule has 1 atom stereocenters. The number of halogens is 1. The zero-order valence-electron chi connectivity index (χ0n) is 12.9. The van der Waals surface area contributed by atoms with Crippen LogP contribution in [0.2, 0.25) is 0 Å². The lowest BCUT2D eigenvalue weighted by molar-refractivity contribution is 0.0938. The Morgan fingerprint density at radius 3 is 3.00 bits per heavy atom. The standard InChI is InChI=1S/C15H20FN5OS/c1-2-20-4-6-21(7-5-20)15(23)19-18-12-3-8-22-13-9-11(16)10-17-14(12)13/h2,10,13H,1,3-9H2,(H,19,23)/b18-12-. The van der Waals surface area contributed by atoms with E-state index in [0.29, 0.717) is 23.9 Å². The first-order valence-corrected chi connectivity index (χ1v) is 8.10. The van der Waals surface area contributed by atoms with Crippen LogP contribution >= 0.6 is 12.2 Å². The van der Waals surface area contributed by atoms with Crippen LogP contribution in [0.25, 0.3) is 0 Å². The Labute approximate surface area is 140 Å². The van der Waals surface area contributed by atoms with Gasteiger partial charge in [-0.25, -0.2) is 4.39 Å². The van der Waals surface area contributed by atoms with E-state index in [0.717, 1.165) is 31.9 Å². The van der Waals surface area contributed by atoms with Crippen molar-refractivity contribution in [3.8, 4) is 0 Å². The first-order chi connectivity index (χ1) is 11.2. The maximum Gasteiger partial charge on any atom is 0.189 e. The summed E-state index contributed by atoms with van der Waals surface area (Å²) < 4.78 is 18.8. The number of nitrogens with one attached hydrogen (secondary N) is 1. The molecule has 0 aromatic rings. The number of aliphatic imine (C=N–C) groups is 1. The van der Waals surface area contributed by atoms with Gasteiger partial charge in [0.2, 0.25) is 0 Å². The van der Waals surface area contributed by atoms with Crippen molar-refractivity contribution in [3.05, 3.63) is 24.8 Å². The molecule has 0 bridgehead atoms. The Kier molecular flexibility index (Phi) is 5.02. The van der Waals surface area contributed by atoms with Crippen LogP contribution in [0.5, 0.6) is 0 Å². The van der Waals surface area contributed by atoms with Crippen molar-refractivity contribution in [2.24, 2.45) is 10.1 Å².